The van der Waals surface area contributed by atoms with Gasteiger partial charge in [-0.3, -0.25) is 0 Å². The summed E-state index contributed by atoms with van der Waals surface area (Å²) in [6, 6.07) is 0. The molecule has 0 aromatic carbocycles. The number of likely N-dealkylation sites (tertiary alicyclic amines) is 2. The Bertz CT molecular complexity index is 248. The third kappa shape index (κ3) is 5.29. The second-order valence-corrected chi connectivity index (χ2v) is 8.24. The van der Waals surface area contributed by atoms with Gasteiger partial charge < -0.3 is 9.80 Å². The number of hydrogen-bond acceptors (Lipinski definition) is 2. The molecule has 122 valence electrons. The van der Waals surface area contributed by atoms with Crippen LogP contribution in [0.25, 0.3) is 0 Å². The predicted octanol–water partition coefficient (Wildman–Crippen LogP) is 4.25. The summed E-state index contributed by atoms with van der Waals surface area (Å²) in [6.07, 6.45) is 5.55. The molecule has 0 bridgehead atoms. The van der Waals surface area contributed by atoms with Crippen molar-refractivity contribution in [3.05, 3.63) is 0 Å². The van der Waals surface area contributed by atoms with E-state index in [2.05, 4.69) is 65.4 Å². The topological polar surface area (TPSA) is 6.48 Å². The Balaban J connectivity index is 0.000000364. The fourth-order valence-corrected chi connectivity index (χ4v) is 3.30. The van der Waals surface area contributed by atoms with Gasteiger partial charge in [-0.1, -0.05) is 13.8 Å². The van der Waals surface area contributed by atoms with Crippen LogP contribution in [0.5, 0.6) is 0 Å². The van der Waals surface area contributed by atoms with Gasteiger partial charge in [0.25, 0.3) is 0 Å². The fraction of sp³-hybridized carbons (Fsp3) is 1.00. The first-order valence-corrected chi connectivity index (χ1v) is 8.52. The second-order valence-electron chi connectivity index (χ2n) is 8.24. The molecule has 0 amide bonds. The second kappa shape index (κ2) is 8.41. The maximum absolute atomic E-state index is 2.47. The minimum atomic E-state index is 0. The van der Waals surface area contributed by atoms with E-state index in [1.165, 1.54) is 38.8 Å². The molecule has 2 saturated heterocycles. The minimum Gasteiger partial charge on any atom is -0.301 e. The third-order valence-electron chi connectivity index (χ3n) is 6.64. The van der Waals surface area contributed by atoms with Gasteiger partial charge in [0.1, 0.15) is 0 Å². The van der Waals surface area contributed by atoms with Crippen molar-refractivity contribution in [3.8, 4) is 0 Å². The molecule has 3 heteroatoms. The summed E-state index contributed by atoms with van der Waals surface area (Å²) in [5.74, 6) is 1.71. The molecule has 0 aromatic rings. The molecule has 2 fully saturated rings. The number of rotatable bonds is 0. The Hall–Kier alpha value is 0.543. The molecule has 2 rings (SSSR count). The van der Waals surface area contributed by atoms with Crippen LogP contribution >= 0.6 is 0 Å². The van der Waals surface area contributed by atoms with Crippen molar-refractivity contribution in [3.63, 3.8) is 0 Å². The van der Waals surface area contributed by atoms with Crippen molar-refractivity contribution in [1.82, 2.24) is 9.80 Å². The Morgan fingerprint density at radius 2 is 1.00 bits per heavy atom. The molecule has 2 unspecified atom stereocenters. The van der Waals surface area contributed by atoms with Crippen molar-refractivity contribution >= 4 is 0 Å². The smallest absolute Gasteiger partial charge is 0.0175 e. The molecule has 0 saturated carbocycles. The van der Waals surface area contributed by atoms with E-state index < -0.39 is 0 Å². The van der Waals surface area contributed by atoms with Gasteiger partial charge in [0.15, 0.2) is 0 Å². The summed E-state index contributed by atoms with van der Waals surface area (Å²) in [6.45, 7) is 16.6. The van der Waals surface area contributed by atoms with E-state index in [1.807, 2.05) is 0 Å². The predicted molar refractivity (Wildman–Crippen MR) is 90.2 cm³/mol. The quantitative estimate of drug-likeness (QED) is 0.604. The maximum atomic E-state index is 2.47. The summed E-state index contributed by atoms with van der Waals surface area (Å²) < 4.78 is 0. The minimum absolute atomic E-state index is 0. The number of hydrogen-bond donors (Lipinski definition) is 0. The Kier molecular flexibility index (Phi) is 8.63. The molecule has 2 atom stereocenters. The Morgan fingerprint density at radius 1 is 0.714 bits per heavy atom. The van der Waals surface area contributed by atoms with Crippen LogP contribution in [0.2, 0.25) is 0 Å². The fourth-order valence-electron chi connectivity index (χ4n) is 3.30. The molecule has 21 heavy (non-hydrogen) atoms. The summed E-state index contributed by atoms with van der Waals surface area (Å²) >= 11 is 0. The van der Waals surface area contributed by atoms with Crippen LogP contribution in [0.1, 0.15) is 67.2 Å². The van der Waals surface area contributed by atoms with Gasteiger partial charge in [-0.25, -0.2) is 0 Å². The van der Waals surface area contributed by atoms with Crippen molar-refractivity contribution in [2.75, 3.05) is 27.2 Å². The van der Waals surface area contributed by atoms with Gasteiger partial charge in [-0.15, -0.1) is 0 Å². The van der Waals surface area contributed by atoms with E-state index >= 15 is 0 Å². The zero-order valence-electron chi connectivity index (χ0n) is 16.0. The van der Waals surface area contributed by atoms with Crippen molar-refractivity contribution in [2.24, 2.45) is 11.8 Å². The Morgan fingerprint density at radius 3 is 1.19 bits per heavy atom. The summed E-state index contributed by atoms with van der Waals surface area (Å²) in [5, 5.41) is 0. The SMILES string of the molecule is CC1CCCN(C)C1(C)C.CC1CCCN(C)C1(C)C.[Zn]. The van der Waals surface area contributed by atoms with Crippen molar-refractivity contribution in [1.29, 1.82) is 0 Å². The maximum Gasteiger partial charge on any atom is 0.0175 e. The van der Waals surface area contributed by atoms with Crippen LogP contribution in [-0.4, -0.2) is 48.1 Å². The van der Waals surface area contributed by atoms with E-state index in [4.69, 9.17) is 0 Å². The van der Waals surface area contributed by atoms with E-state index in [-0.39, 0.29) is 19.5 Å². The van der Waals surface area contributed by atoms with Gasteiger partial charge in [0.2, 0.25) is 0 Å². The molecule has 0 spiro atoms. The van der Waals surface area contributed by atoms with Crippen molar-refractivity contribution in [2.45, 2.75) is 78.3 Å². The van der Waals surface area contributed by atoms with E-state index in [0.29, 0.717) is 11.1 Å². The average Bonchev–Trinajstić information content (AvgIpc) is 2.35. The van der Waals surface area contributed by atoms with E-state index in [1.54, 1.807) is 0 Å². The van der Waals surface area contributed by atoms with Crippen LogP contribution in [0, 0.1) is 11.8 Å². The van der Waals surface area contributed by atoms with Crippen LogP contribution in [0.4, 0.5) is 0 Å². The van der Waals surface area contributed by atoms with Gasteiger partial charge >= 0.3 is 0 Å². The summed E-state index contributed by atoms with van der Waals surface area (Å²) in [4.78, 5) is 4.95. The number of nitrogens with zero attached hydrogens (tertiary/aromatic N) is 2. The van der Waals surface area contributed by atoms with Crippen LogP contribution in [0.3, 0.4) is 0 Å². The van der Waals surface area contributed by atoms with Crippen LogP contribution in [-0.2, 0) is 19.5 Å². The molecule has 2 aliphatic heterocycles. The van der Waals surface area contributed by atoms with Crippen molar-refractivity contribution < 1.29 is 19.5 Å². The monoisotopic (exact) mass is 346 g/mol. The molecular formula is C18H38N2Zn. The molecular weight excluding hydrogens is 310 g/mol. The Labute approximate surface area is 146 Å². The molecule has 0 N–H and O–H groups in total. The largest absolute Gasteiger partial charge is 0.301 e. The third-order valence-corrected chi connectivity index (χ3v) is 6.64. The first-order valence-electron chi connectivity index (χ1n) is 8.52. The molecule has 0 aromatic heterocycles. The normalized spacial score (nSPS) is 32.6. The summed E-state index contributed by atoms with van der Waals surface area (Å²) in [5.41, 5.74) is 0.858. The summed E-state index contributed by atoms with van der Waals surface area (Å²) in [7, 11) is 4.46. The molecule has 2 nitrogen and oxygen atoms in total. The first kappa shape index (κ1) is 21.5. The average molecular weight is 348 g/mol. The molecule has 0 radical (unpaired) electrons. The van der Waals surface area contributed by atoms with Gasteiger partial charge in [0, 0.05) is 30.6 Å². The standard InChI is InChI=1S/2C9H19N.Zn/c2*1-8-6-5-7-10(4)9(8,2)3;/h2*8H,5-7H2,1-4H3;. The van der Waals surface area contributed by atoms with Gasteiger partial charge in [-0.2, -0.15) is 0 Å². The first-order chi connectivity index (χ1) is 9.10. The van der Waals surface area contributed by atoms with E-state index in [9.17, 15) is 0 Å². The van der Waals surface area contributed by atoms with Crippen LogP contribution < -0.4 is 0 Å². The zero-order valence-corrected chi connectivity index (χ0v) is 19.0. The molecule has 0 aliphatic carbocycles. The number of piperidine rings is 2. The zero-order chi connectivity index (χ0) is 15.6. The van der Waals surface area contributed by atoms with Gasteiger partial charge in [-0.05, 0) is 92.4 Å². The van der Waals surface area contributed by atoms with E-state index in [0.717, 1.165) is 11.8 Å². The van der Waals surface area contributed by atoms with Gasteiger partial charge in [0.05, 0.1) is 0 Å². The molecule has 2 heterocycles. The molecule has 2 aliphatic rings. The van der Waals surface area contributed by atoms with Crippen LogP contribution in [0.15, 0.2) is 0 Å².